The number of amides is 2. The van der Waals surface area contributed by atoms with Crippen LogP contribution in [0.25, 0.3) is 0 Å². The van der Waals surface area contributed by atoms with E-state index in [0.29, 0.717) is 31.5 Å². The second-order valence-electron chi connectivity index (χ2n) is 8.98. The molecule has 3 aromatic rings. The predicted octanol–water partition coefficient (Wildman–Crippen LogP) is 4.54. The standard InChI is InChI=1S/C28H30N4O2S/c33-26(29-16-7-17-31-19-14-21-8-1-2-9-22(21)20-31)13-6-18-32-24-11-5-15-30-27(24)35-25-12-4-3-10-23(25)28(32)34/h1-5,8-12,15H,6-7,13-14,16-20H2,(H,29,33). The van der Waals surface area contributed by atoms with Crippen molar-refractivity contribution in [3.05, 3.63) is 83.6 Å². The van der Waals surface area contributed by atoms with Gasteiger partial charge in [-0.2, -0.15) is 0 Å². The number of aromatic nitrogens is 1. The molecule has 0 aliphatic carbocycles. The molecule has 2 amide bonds. The Bertz CT molecular complexity index is 1210. The SMILES string of the molecule is O=C(CCCN1C(=O)c2ccccc2Sc2ncccc21)NCCCN1CCc2ccccc2C1. The molecule has 5 rings (SSSR count). The van der Waals surface area contributed by atoms with Gasteiger partial charge in [0.15, 0.2) is 0 Å². The van der Waals surface area contributed by atoms with E-state index in [-0.39, 0.29) is 11.8 Å². The van der Waals surface area contributed by atoms with Gasteiger partial charge >= 0.3 is 0 Å². The van der Waals surface area contributed by atoms with Crippen molar-refractivity contribution in [3.63, 3.8) is 0 Å². The number of anilines is 1. The number of rotatable bonds is 8. The first kappa shape index (κ1) is 23.6. The van der Waals surface area contributed by atoms with Crippen LogP contribution in [-0.4, -0.2) is 47.9 Å². The Morgan fingerprint density at radius 3 is 2.71 bits per heavy atom. The summed E-state index contributed by atoms with van der Waals surface area (Å²) in [5, 5.41) is 3.87. The predicted molar refractivity (Wildman–Crippen MR) is 139 cm³/mol. The minimum absolute atomic E-state index is 0.0386. The van der Waals surface area contributed by atoms with Crippen LogP contribution < -0.4 is 10.2 Å². The molecule has 0 saturated heterocycles. The van der Waals surface area contributed by atoms with Crippen LogP contribution in [-0.2, 0) is 17.8 Å². The van der Waals surface area contributed by atoms with Crippen LogP contribution in [0, 0.1) is 0 Å². The molecule has 0 saturated carbocycles. The summed E-state index contributed by atoms with van der Waals surface area (Å²) in [6.45, 7) is 4.21. The van der Waals surface area contributed by atoms with Gasteiger partial charge in [0.05, 0.1) is 11.3 Å². The molecule has 1 aromatic heterocycles. The second-order valence-corrected chi connectivity index (χ2v) is 10.0. The topological polar surface area (TPSA) is 65.5 Å². The van der Waals surface area contributed by atoms with Crippen molar-refractivity contribution in [1.29, 1.82) is 0 Å². The highest BCUT2D eigenvalue weighted by Crippen LogP contribution is 2.39. The maximum Gasteiger partial charge on any atom is 0.259 e. The van der Waals surface area contributed by atoms with Gasteiger partial charge < -0.3 is 10.2 Å². The van der Waals surface area contributed by atoms with E-state index in [2.05, 4.69) is 39.5 Å². The molecule has 0 unspecified atom stereocenters. The number of carbonyl (C=O) groups excluding carboxylic acids is 2. The molecular formula is C28H30N4O2S. The van der Waals surface area contributed by atoms with E-state index in [0.717, 1.165) is 48.1 Å². The minimum atomic E-state index is -0.0386. The molecular weight excluding hydrogens is 456 g/mol. The molecule has 0 atom stereocenters. The number of benzene rings is 2. The van der Waals surface area contributed by atoms with Crippen molar-refractivity contribution in [1.82, 2.24) is 15.2 Å². The van der Waals surface area contributed by atoms with Crippen LogP contribution >= 0.6 is 11.8 Å². The van der Waals surface area contributed by atoms with E-state index < -0.39 is 0 Å². The fourth-order valence-electron chi connectivity index (χ4n) is 4.74. The lowest BCUT2D eigenvalue weighted by Gasteiger charge is -2.28. The third-order valence-corrected chi connectivity index (χ3v) is 7.66. The quantitative estimate of drug-likeness (QED) is 0.474. The van der Waals surface area contributed by atoms with Crippen molar-refractivity contribution < 1.29 is 9.59 Å². The van der Waals surface area contributed by atoms with Gasteiger partial charge in [-0.1, -0.05) is 48.2 Å². The molecule has 0 spiro atoms. The Hall–Kier alpha value is -3.16. The molecule has 180 valence electrons. The maximum absolute atomic E-state index is 13.3. The van der Waals surface area contributed by atoms with E-state index in [9.17, 15) is 9.59 Å². The van der Waals surface area contributed by atoms with Gasteiger partial charge in [0.2, 0.25) is 5.91 Å². The molecule has 0 fully saturated rings. The lowest BCUT2D eigenvalue weighted by Crippen LogP contribution is -2.34. The van der Waals surface area contributed by atoms with Crippen molar-refractivity contribution in [2.75, 3.05) is 31.1 Å². The van der Waals surface area contributed by atoms with E-state index >= 15 is 0 Å². The third kappa shape index (κ3) is 5.57. The second kappa shape index (κ2) is 11.1. The zero-order chi connectivity index (χ0) is 24.0. The Balaban J connectivity index is 1.09. The number of fused-ring (bicyclic) bond motifs is 3. The fourth-order valence-corrected chi connectivity index (χ4v) is 5.76. The molecule has 3 heterocycles. The molecule has 6 nitrogen and oxygen atoms in total. The molecule has 0 radical (unpaired) electrons. The van der Waals surface area contributed by atoms with Gasteiger partial charge in [0, 0.05) is 50.2 Å². The summed E-state index contributed by atoms with van der Waals surface area (Å²) in [5.74, 6) is 0.000749. The van der Waals surface area contributed by atoms with Gasteiger partial charge in [0.1, 0.15) is 5.03 Å². The van der Waals surface area contributed by atoms with Crippen molar-refractivity contribution in [2.45, 2.75) is 42.1 Å². The largest absolute Gasteiger partial charge is 0.356 e. The lowest BCUT2D eigenvalue weighted by atomic mass is 10.00. The molecule has 2 aliphatic rings. The smallest absolute Gasteiger partial charge is 0.259 e. The monoisotopic (exact) mass is 486 g/mol. The Kier molecular flexibility index (Phi) is 7.45. The van der Waals surface area contributed by atoms with Crippen molar-refractivity contribution >= 4 is 29.3 Å². The van der Waals surface area contributed by atoms with E-state index in [1.807, 2.05) is 36.4 Å². The summed E-state index contributed by atoms with van der Waals surface area (Å²) in [6.07, 6.45) is 4.77. The van der Waals surface area contributed by atoms with Gasteiger partial charge in [-0.25, -0.2) is 4.98 Å². The molecule has 35 heavy (non-hydrogen) atoms. The number of pyridine rings is 1. The highest BCUT2D eigenvalue weighted by atomic mass is 32.2. The Morgan fingerprint density at radius 1 is 0.971 bits per heavy atom. The molecule has 2 aliphatic heterocycles. The van der Waals surface area contributed by atoms with Gasteiger partial charge in [-0.3, -0.25) is 14.5 Å². The van der Waals surface area contributed by atoms with Gasteiger partial charge in [-0.05, 0) is 54.7 Å². The van der Waals surface area contributed by atoms with Gasteiger partial charge in [-0.15, -0.1) is 0 Å². The average molecular weight is 487 g/mol. The molecule has 2 aromatic carbocycles. The summed E-state index contributed by atoms with van der Waals surface area (Å²) < 4.78 is 0. The van der Waals surface area contributed by atoms with Crippen molar-refractivity contribution in [3.8, 4) is 0 Å². The van der Waals surface area contributed by atoms with Gasteiger partial charge in [0.25, 0.3) is 5.91 Å². The van der Waals surface area contributed by atoms with Crippen LogP contribution in [0.5, 0.6) is 0 Å². The van der Waals surface area contributed by atoms with Crippen LogP contribution in [0.4, 0.5) is 5.69 Å². The first-order chi connectivity index (χ1) is 17.2. The number of nitrogens with one attached hydrogen (secondary N) is 1. The number of hydrogen-bond donors (Lipinski definition) is 1. The molecule has 7 heteroatoms. The summed E-state index contributed by atoms with van der Waals surface area (Å²) in [4.78, 5) is 35.4. The minimum Gasteiger partial charge on any atom is -0.356 e. The first-order valence-corrected chi connectivity index (χ1v) is 13.1. The molecule has 1 N–H and O–H groups in total. The summed E-state index contributed by atoms with van der Waals surface area (Å²) in [7, 11) is 0. The van der Waals surface area contributed by atoms with Crippen LogP contribution in [0.3, 0.4) is 0 Å². The summed E-state index contributed by atoms with van der Waals surface area (Å²) in [6, 6.07) is 20.1. The third-order valence-electron chi connectivity index (χ3n) is 6.58. The van der Waals surface area contributed by atoms with E-state index in [4.69, 9.17) is 0 Å². The maximum atomic E-state index is 13.3. The summed E-state index contributed by atoms with van der Waals surface area (Å²) in [5.41, 5.74) is 4.37. The Morgan fingerprint density at radius 2 is 1.80 bits per heavy atom. The fraction of sp³-hybridized carbons (Fsp3) is 0.321. The number of carbonyl (C=O) groups is 2. The normalized spacial score (nSPS) is 15.1. The highest BCUT2D eigenvalue weighted by molar-refractivity contribution is 7.99. The van der Waals surface area contributed by atoms with Crippen LogP contribution in [0.2, 0.25) is 0 Å². The Labute approximate surface area is 210 Å². The van der Waals surface area contributed by atoms with Crippen LogP contribution in [0.1, 0.15) is 40.7 Å². The van der Waals surface area contributed by atoms with E-state index in [1.165, 1.54) is 22.9 Å². The molecule has 0 bridgehead atoms. The van der Waals surface area contributed by atoms with Crippen LogP contribution in [0.15, 0.2) is 76.8 Å². The number of nitrogens with zero attached hydrogens (tertiary/aromatic N) is 3. The average Bonchev–Trinajstić information content (AvgIpc) is 3.01. The first-order valence-electron chi connectivity index (χ1n) is 12.3. The lowest BCUT2D eigenvalue weighted by molar-refractivity contribution is -0.121. The zero-order valence-electron chi connectivity index (χ0n) is 19.8. The van der Waals surface area contributed by atoms with Crippen molar-refractivity contribution in [2.24, 2.45) is 0 Å². The number of hydrogen-bond acceptors (Lipinski definition) is 5. The summed E-state index contributed by atoms with van der Waals surface area (Å²) >= 11 is 1.52. The zero-order valence-corrected chi connectivity index (χ0v) is 20.6. The van der Waals surface area contributed by atoms with E-state index in [1.54, 1.807) is 11.1 Å². The highest BCUT2D eigenvalue weighted by Gasteiger charge is 2.27.